The molecule has 2 rings (SSSR count). The van der Waals surface area contributed by atoms with E-state index in [0.717, 1.165) is 16.1 Å². The molecule has 1 heterocycles. The Bertz CT molecular complexity index is 567. The standard InChI is InChI=1S/C16H20BrNOS/c1-4-18-12(3)14-7-5-11(2)9-15(14)19-10-13-6-8-16(17)20-13/h5-9,12,18H,4,10H2,1-3H3. The first-order valence-corrected chi connectivity index (χ1v) is 8.42. The highest BCUT2D eigenvalue weighted by molar-refractivity contribution is 9.11. The lowest BCUT2D eigenvalue weighted by Gasteiger charge is -2.18. The fourth-order valence-corrected chi connectivity index (χ4v) is 3.52. The predicted molar refractivity (Wildman–Crippen MR) is 89.6 cm³/mol. The number of hydrogen-bond acceptors (Lipinski definition) is 3. The quantitative estimate of drug-likeness (QED) is 0.782. The third-order valence-electron chi connectivity index (χ3n) is 3.14. The maximum atomic E-state index is 6.03. The number of halogens is 1. The molecular formula is C16H20BrNOS. The lowest BCUT2D eigenvalue weighted by atomic mass is 10.0. The Balaban J connectivity index is 2.14. The summed E-state index contributed by atoms with van der Waals surface area (Å²) in [4.78, 5) is 1.22. The molecule has 0 radical (unpaired) electrons. The topological polar surface area (TPSA) is 21.3 Å². The fraction of sp³-hybridized carbons (Fsp3) is 0.375. The van der Waals surface area contributed by atoms with Gasteiger partial charge in [0.05, 0.1) is 3.79 Å². The van der Waals surface area contributed by atoms with Crippen molar-refractivity contribution in [2.24, 2.45) is 0 Å². The van der Waals surface area contributed by atoms with Crippen LogP contribution in [-0.2, 0) is 6.61 Å². The van der Waals surface area contributed by atoms with Gasteiger partial charge in [-0.25, -0.2) is 0 Å². The molecule has 1 N–H and O–H groups in total. The molecule has 0 aliphatic carbocycles. The van der Waals surface area contributed by atoms with Gasteiger partial charge in [-0.2, -0.15) is 0 Å². The van der Waals surface area contributed by atoms with Crippen molar-refractivity contribution in [2.75, 3.05) is 6.54 Å². The van der Waals surface area contributed by atoms with Crippen molar-refractivity contribution in [3.8, 4) is 5.75 Å². The Kier molecular flexibility index (Phi) is 5.64. The monoisotopic (exact) mass is 353 g/mol. The van der Waals surface area contributed by atoms with E-state index in [1.54, 1.807) is 11.3 Å². The number of thiophene rings is 1. The molecule has 2 nitrogen and oxygen atoms in total. The van der Waals surface area contributed by atoms with Crippen LogP contribution in [0.5, 0.6) is 5.75 Å². The zero-order chi connectivity index (χ0) is 14.5. The van der Waals surface area contributed by atoms with Gasteiger partial charge in [0.15, 0.2) is 0 Å². The molecule has 0 bridgehead atoms. The molecule has 0 amide bonds. The molecule has 2 aromatic rings. The summed E-state index contributed by atoms with van der Waals surface area (Å²) in [6.07, 6.45) is 0. The first-order valence-electron chi connectivity index (χ1n) is 6.81. The summed E-state index contributed by atoms with van der Waals surface area (Å²) in [5, 5.41) is 3.44. The van der Waals surface area contributed by atoms with Crippen LogP contribution in [0.2, 0.25) is 0 Å². The zero-order valence-electron chi connectivity index (χ0n) is 12.1. The summed E-state index contributed by atoms with van der Waals surface area (Å²) >= 11 is 5.19. The normalized spacial score (nSPS) is 12.4. The van der Waals surface area contributed by atoms with Crippen LogP contribution in [0.25, 0.3) is 0 Å². The maximum Gasteiger partial charge on any atom is 0.124 e. The van der Waals surface area contributed by atoms with Crippen LogP contribution in [0, 0.1) is 6.92 Å². The molecule has 20 heavy (non-hydrogen) atoms. The van der Waals surface area contributed by atoms with E-state index in [1.807, 2.05) is 0 Å². The summed E-state index contributed by atoms with van der Waals surface area (Å²) in [7, 11) is 0. The third-order valence-corrected chi connectivity index (χ3v) is 4.74. The molecule has 0 saturated heterocycles. The number of hydrogen-bond donors (Lipinski definition) is 1. The van der Waals surface area contributed by atoms with Gasteiger partial charge in [0, 0.05) is 16.5 Å². The zero-order valence-corrected chi connectivity index (χ0v) is 14.5. The Morgan fingerprint density at radius 1 is 1.30 bits per heavy atom. The van der Waals surface area contributed by atoms with Crippen LogP contribution in [0.4, 0.5) is 0 Å². The molecule has 4 heteroatoms. The number of benzene rings is 1. The third kappa shape index (κ3) is 4.08. The number of ether oxygens (including phenoxy) is 1. The van der Waals surface area contributed by atoms with E-state index in [9.17, 15) is 0 Å². The lowest BCUT2D eigenvalue weighted by Crippen LogP contribution is -2.18. The van der Waals surface area contributed by atoms with Gasteiger partial charge in [-0.3, -0.25) is 0 Å². The van der Waals surface area contributed by atoms with Gasteiger partial charge in [0.25, 0.3) is 0 Å². The first-order chi connectivity index (χ1) is 9.60. The molecule has 0 fully saturated rings. The van der Waals surface area contributed by atoms with Crippen molar-refractivity contribution in [1.82, 2.24) is 5.32 Å². The van der Waals surface area contributed by atoms with E-state index in [-0.39, 0.29) is 0 Å². The second kappa shape index (κ2) is 7.25. The number of rotatable bonds is 6. The molecule has 0 spiro atoms. The number of aryl methyl sites for hydroxylation is 1. The van der Waals surface area contributed by atoms with Crippen LogP contribution >= 0.6 is 27.3 Å². The molecule has 1 unspecified atom stereocenters. The van der Waals surface area contributed by atoms with E-state index in [2.05, 4.69) is 72.3 Å². The van der Waals surface area contributed by atoms with Gasteiger partial charge in [-0.1, -0.05) is 19.1 Å². The van der Waals surface area contributed by atoms with Crippen molar-refractivity contribution < 1.29 is 4.74 Å². The van der Waals surface area contributed by atoms with Gasteiger partial charge in [0.2, 0.25) is 0 Å². The highest BCUT2D eigenvalue weighted by Gasteiger charge is 2.11. The summed E-state index contributed by atoms with van der Waals surface area (Å²) in [6, 6.07) is 10.9. The average molecular weight is 354 g/mol. The number of nitrogens with one attached hydrogen (secondary N) is 1. The van der Waals surface area contributed by atoms with Gasteiger partial charge in [-0.15, -0.1) is 11.3 Å². The smallest absolute Gasteiger partial charge is 0.124 e. The maximum absolute atomic E-state index is 6.03. The summed E-state index contributed by atoms with van der Waals surface area (Å²) in [6.45, 7) is 7.95. The van der Waals surface area contributed by atoms with Gasteiger partial charge >= 0.3 is 0 Å². The van der Waals surface area contributed by atoms with E-state index in [1.165, 1.54) is 16.0 Å². The molecule has 1 aromatic carbocycles. The Morgan fingerprint density at radius 2 is 2.10 bits per heavy atom. The van der Waals surface area contributed by atoms with Crippen molar-refractivity contribution in [3.63, 3.8) is 0 Å². The second-order valence-electron chi connectivity index (χ2n) is 4.82. The van der Waals surface area contributed by atoms with Crippen molar-refractivity contribution in [3.05, 3.63) is 50.1 Å². The van der Waals surface area contributed by atoms with Gasteiger partial charge in [0.1, 0.15) is 12.4 Å². The molecule has 0 saturated carbocycles. The van der Waals surface area contributed by atoms with Crippen molar-refractivity contribution in [2.45, 2.75) is 33.4 Å². The van der Waals surface area contributed by atoms with Gasteiger partial charge in [-0.05, 0) is 60.1 Å². The Labute approximate surface area is 133 Å². The van der Waals surface area contributed by atoms with E-state index >= 15 is 0 Å². The Morgan fingerprint density at radius 3 is 2.75 bits per heavy atom. The summed E-state index contributed by atoms with van der Waals surface area (Å²) < 4.78 is 7.17. The summed E-state index contributed by atoms with van der Waals surface area (Å²) in [5.74, 6) is 0.975. The van der Waals surface area contributed by atoms with Crippen LogP contribution in [0.15, 0.2) is 34.1 Å². The van der Waals surface area contributed by atoms with Crippen molar-refractivity contribution >= 4 is 27.3 Å². The average Bonchev–Trinajstić information content (AvgIpc) is 2.82. The molecular weight excluding hydrogens is 334 g/mol. The second-order valence-corrected chi connectivity index (χ2v) is 7.36. The van der Waals surface area contributed by atoms with Crippen LogP contribution in [0.3, 0.4) is 0 Å². The fourth-order valence-electron chi connectivity index (χ4n) is 2.12. The molecule has 0 aliphatic heterocycles. The minimum absolute atomic E-state index is 0.297. The highest BCUT2D eigenvalue weighted by atomic mass is 79.9. The first kappa shape index (κ1) is 15.5. The van der Waals surface area contributed by atoms with Crippen LogP contribution in [0.1, 0.15) is 35.9 Å². The largest absolute Gasteiger partial charge is 0.488 e. The molecule has 1 aromatic heterocycles. The summed E-state index contributed by atoms with van der Waals surface area (Å²) in [5.41, 5.74) is 2.44. The highest BCUT2D eigenvalue weighted by Crippen LogP contribution is 2.29. The van der Waals surface area contributed by atoms with Crippen molar-refractivity contribution in [1.29, 1.82) is 0 Å². The molecule has 0 aliphatic rings. The SMILES string of the molecule is CCNC(C)c1ccc(C)cc1OCc1ccc(Br)s1. The van der Waals surface area contributed by atoms with Crippen LogP contribution in [-0.4, -0.2) is 6.54 Å². The van der Waals surface area contributed by atoms with Crippen LogP contribution < -0.4 is 10.1 Å². The van der Waals surface area contributed by atoms with Gasteiger partial charge < -0.3 is 10.1 Å². The van der Waals surface area contributed by atoms with E-state index in [4.69, 9.17) is 4.74 Å². The Hall–Kier alpha value is -0.840. The molecule has 1 atom stereocenters. The minimum Gasteiger partial charge on any atom is -0.488 e. The van der Waals surface area contributed by atoms with E-state index in [0.29, 0.717) is 12.6 Å². The lowest BCUT2D eigenvalue weighted by molar-refractivity contribution is 0.303. The minimum atomic E-state index is 0.297. The molecule has 108 valence electrons. The predicted octanol–water partition coefficient (Wildman–Crippen LogP) is 5.07. The van der Waals surface area contributed by atoms with E-state index < -0.39 is 0 Å².